The maximum absolute atomic E-state index is 13.5. The number of hydrogen-bond acceptors (Lipinski definition) is 5. The summed E-state index contributed by atoms with van der Waals surface area (Å²) in [7, 11) is 0. The maximum atomic E-state index is 13.5. The zero-order valence-electron chi connectivity index (χ0n) is 18.8. The predicted octanol–water partition coefficient (Wildman–Crippen LogP) is 4.87. The number of alkyl halides is 3. The molecule has 1 aliphatic heterocycles. The molecule has 2 fully saturated rings. The molecule has 0 N–H and O–H groups in total. The molecular weight excluding hydrogens is 415 g/mol. The van der Waals surface area contributed by atoms with Crippen molar-refractivity contribution < 1.29 is 37.0 Å². The van der Waals surface area contributed by atoms with E-state index < -0.39 is 60.5 Å². The highest BCUT2D eigenvalue weighted by atomic mass is 19.4. The van der Waals surface area contributed by atoms with Gasteiger partial charge in [-0.15, -0.1) is 0 Å². The van der Waals surface area contributed by atoms with E-state index >= 15 is 0 Å². The second kappa shape index (κ2) is 9.20. The van der Waals surface area contributed by atoms with Crippen LogP contribution in [0.25, 0.3) is 0 Å². The van der Waals surface area contributed by atoms with Crippen LogP contribution < -0.4 is 0 Å². The van der Waals surface area contributed by atoms with E-state index in [2.05, 4.69) is 6.58 Å². The number of imide groups is 1. The molecule has 3 atom stereocenters. The van der Waals surface area contributed by atoms with E-state index in [1.54, 1.807) is 34.6 Å². The Hall–Kier alpha value is -2.06. The largest absolute Gasteiger partial charge is 0.459 e. The highest BCUT2D eigenvalue weighted by molar-refractivity contribution is 5.97. The standard InChI is InChI=1S/C22H32F3NO5/c1-12(2)16-11-30-20(29)26(16)18(27)15(9-10-22(23,24)25)17(13(3)14-7-8-14)19(28)31-21(4,5)6/h12,14-17H,3,7-11H2,1-2,4-6H3/t15-,16-,17+/m1/s1. The molecule has 2 rings (SSSR count). The van der Waals surface area contributed by atoms with Gasteiger partial charge in [0.25, 0.3) is 0 Å². The number of hydrogen-bond donors (Lipinski definition) is 0. The van der Waals surface area contributed by atoms with Gasteiger partial charge in [0.2, 0.25) is 5.91 Å². The van der Waals surface area contributed by atoms with E-state index in [1.807, 2.05) is 0 Å². The fourth-order valence-corrected chi connectivity index (χ4v) is 3.76. The topological polar surface area (TPSA) is 72.9 Å². The first-order valence-electron chi connectivity index (χ1n) is 10.6. The monoisotopic (exact) mass is 447 g/mol. The van der Waals surface area contributed by atoms with Gasteiger partial charge in [-0.05, 0) is 51.9 Å². The van der Waals surface area contributed by atoms with Crippen molar-refractivity contribution in [3.05, 3.63) is 12.2 Å². The molecule has 2 aliphatic rings. The molecule has 1 saturated carbocycles. The summed E-state index contributed by atoms with van der Waals surface area (Å²) in [6.07, 6.45) is -5.85. The van der Waals surface area contributed by atoms with Crippen molar-refractivity contribution in [1.82, 2.24) is 4.90 Å². The molecule has 0 aromatic heterocycles. The van der Waals surface area contributed by atoms with Gasteiger partial charge in [-0.1, -0.05) is 26.0 Å². The molecule has 6 nitrogen and oxygen atoms in total. The van der Waals surface area contributed by atoms with Crippen LogP contribution in [-0.2, 0) is 19.1 Å². The molecule has 0 unspecified atom stereocenters. The summed E-state index contributed by atoms with van der Waals surface area (Å²) in [5.74, 6) is -4.53. The molecule has 1 saturated heterocycles. The first-order valence-corrected chi connectivity index (χ1v) is 10.6. The lowest BCUT2D eigenvalue weighted by Gasteiger charge is -2.33. The molecule has 1 heterocycles. The van der Waals surface area contributed by atoms with Gasteiger partial charge >= 0.3 is 18.2 Å². The normalized spacial score (nSPS) is 21.6. The molecule has 2 amide bonds. The van der Waals surface area contributed by atoms with Gasteiger partial charge in [0.15, 0.2) is 0 Å². The van der Waals surface area contributed by atoms with E-state index in [4.69, 9.17) is 9.47 Å². The van der Waals surface area contributed by atoms with Crippen LogP contribution in [0.4, 0.5) is 18.0 Å². The highest BCUT2D eigenvalue weighted by Crippen LogP contribution is 2.44. The van der Waals surface area contributed by atoms with Crippen molar-refractivity contribution >= 4 is 18.0 Å². The van der Waals surface area contributed by atoms with Gasteiger partial charge in [0.1, 0.15) is 12.2 Å². The minimum absolute atomic E-state index is 0.0328. The van der Waals surface area contributed by atoms with Crippen LogP contribution in [0.3, 0.4) is 0 Å². The number of cyclic esters (lactones) is 1. The van der Waals surface area contributed by atoms with Crippen molar-refractivity contribution in [3.8, 4) is 0 Å². The predicted molar refractivity (Wildman–Crippen MR) is 107 cm³/mol. The van der Waals surface area contributed by atoms with Crippen LogP contribution in [0.5, 0.6) is 0 Å². The molecule has 0 aromatic carbocycles. The van der Waals surface area contributed by atoms with Crippen LogP contribution in [0.2, 0.25) is 0 Å². The average Bonchev–Trinajstić information content (AvgIpc) is 3.37. The number of carbonyl (C=O) groups excluding carboxylic acids is 3. The Bertz CT molecular complexity index is 722. The second-order valence-corrected chi connectivity index (χ2v) is 9.72. The maximum Gasteiger partial charge on any atom is 0.416 e. The first kappa shape index (κ1) is 25.2. The third kappa shape index (κ3) is 6.71. The average molecular weight is 447 g/mol. The summed E-state index contributed by atoms with van der Waals surface area (Å²) in [5.41, 5.74) is -0.507. The molecule has 0 aromatic rings. The first-order chi connectivity index (χ1) is 14.1. The molecule has 0 bridgehead atoms. The van der Waals surface area contributed by atoms with Gasteiger partial charge in [-0.3, -0.25) is 9.59 Å². The lowest BCUT2D eigenvalue weighted by molar-refractivity contribution is -0.166. The van der Waals surface area contributed by atoms with E-state index in [1.165, 1.54) is 0 Å². The van der Waals surface area contributed by atoms with Crippen LogP contribution in [-0.4, -0.2) is 47.3 Å². The summed E-state index contributed by atoms with van der Waals surface area (Å²) >= 11 is 0. The fourth-order valence-electron chi connectivity index (χ4n) is 3.76. The Balaban J connectivity index is 2.44. The number of nitrogens with zero attached hydrogens (tertiary/aromatic N) is 1. The summed E-state index contributed by atoms with van der Waals surface area (Å²) in [5, 5.41) is 0. The number of carbonyl (C=O) groups is 3. The minimum Gasteiger partial charge on any atom is -0.459 e. The summed E-state index contributed by atoms with van der Waals surface area (Å²) in [4.78, 5) is 39.7. The van der Waals surface area contributed by atoms with E-state index in [9.17, 15) is 27.6 Å². The van der Waals surface area contributed by atoms with E-state index in [0.29, 0.717) is 5.57 Å². The second-order valence-electron chi connectivity index (χ2n) is 9.72. The quantitative estimate of drug-likeness (QED) is 0.392. The van der Waals surface area contributed by atoms with Gasteiger partial charge < -0.3 is 9.47 Å². The number of amides is 2. The van der Waals surface area contributed by atoms with Crippen LogP contribution in [0.1, 0.15) is 60.3 Å². The Morgan fingerprint density at radius 2 is 1.81 bits per heavy atom. The van der Waals surface area contributed by atoms with Crippen molar-refractivity contribution in [2.24, 2.45) is 23.7 Å². The Morgan fingerprint density at radius 3 is 2.26 bits per heavy atom. The smallest absolute Gasteiger partial charge is 0.416 e. The lowest BCUT2D eigenvalue weighted by Crippen LogP contribution is -2.48. The summed E-state index contributed by atoms with van der Waals surface area (Å²) in [6.45, 7) is 12.4. The number of esters is 1. The zero-order valence-corrected chi connectivity index (χ0v) is 18.8. The van der Waals surface area contributed by atoms with E-state index in [-0.39, 0.29) is 18.4 Å². The summed E-state index contributed by atoms with van der Waals surface area (Å²) in [6, 6.07) is -0.609. The summed E-state index contributed by atoms with van der Waals surface area (Å²) < 4.78 is 49.7. The SMILES string of the molecule is C=C(C1CC1)[C@H](C(=O)OC(C)(C)C)[C@@H](CCC(F)(F)F)C(=O)N1C(=O)OC[C@@H]1C(C)C. The molecule has 0 spiro atoms. The zero-order chi connectivity index (χ0) is 23.7. The van der Waals surface area contributed by atoms with Crippen molar-refractivity contribution in [3.63, 3.8) is 0 Å². The Morgan fingerprint density at radius 1 is 1.23 bits per heavy atom. The lowest BCUT2D eigenvalue weighted by atomic mass is 9.80. The van der Waals surface area contributed by atoms with Gasteiger partial charge in [-0.25, -0.2) is 9.69 Å². The van der Waals surface area contributed by atoms with E-state index in [0.717, 1.165) is 17.7 Å². The highest BCUT2D eigenvalue weighted by Gasteiger charge is 2.49. The Labute approximate surface area is 181 Å². The van der Waals surface area contributed by atoms with Crippen LogP contribution in [0, 0.1) is 23.7 Å². The van der Waals surface area contributed by atoms with Crippen molar-refractivity contribution in [1.29, 1.82) is 0 Å². The fraction of sp³-hybridized carbons (Fsp3) is 0.773. The van der Waals surface area contributed by atoms with Crippen molar-refractivity contribution in [2.75, 3.05) is 6.61 Å². The van der Waals surface area contributed by atoms with Gasteiger partial charge in [0.05, 0.1) is 17.9 Å². The molecule has 176 valence electrons. The third-order valence-corrected chi connectivity index (χ3v) is 5.53. The van der Waals surface area contributed by atoms with Crippen LogP contribution in [0.15, 0.2) is 12.2 Å². The molecular formula is C22H32F3NO5. The molecule has 0 radical (unpaired) electrons. The molecule has 9 heteroatoms. The Kier molecular flexibility index (Phi) is 7.48. The minimum atomic E-state index is -4.53. The molecule has 31 heavy (non-hydrogen) atoms. The number of rotatable bonds is 8. The van der Waals surface area contributed by atoms with Gasteiger partial charge in [0, 0.05) is 6.42 Å². The van der Waals surface area contributed by atoms with Crippen molar-refractivity contribution in [2.45, 2.75) is 78.1 Å². The number of halogens is 3. The number of ether oxygens (including phenoxy) is 2. The van der Waals surface area contributed by atoms with Gasteiger partial charge in [-0.2, -0.15) is 13.2 Å². The molecule has 1 aliphatic carbocycles. The third-order valence-electron chi connectivity index (χ3n) is 5.53. The van der Waals surface area contributed by atoms with Crippen LogP contribution >= 0.6 is 0 Å².